The largest absolute Gasteiger partial charge is 0.346 e. The van der Waals surface area contributed by atoms with Gasteiger partial charge in [0.2, 0.25) is 5.91 Å². The number of nitrogens with one attached hydrogen (secondary N) is 1. The van der Waals surface area contributed by atoms with Gasteiger partial charge in [0.05, 0.1) is 12.5 Å². The monoisotopic (exact) mass is 217 g/mol. The first-order valence-corrected chi connectivity index (χ1v) is 5.62. The highest BCUT2D eigenvalue weighted by Crippen LogP contribution is 2.14. The van der Waals surface area contributed by atoms with Gasteiger partial charge in [-0.2, -0.15) is 0 Å². The minimum atomic E-state index is -0.240. The minimum absolute atomic E-state index is 0.0635. The van der Waals surface area contributed by atoms with Crippen molar-refractivity contribution in [2.45, 2.75) is 31.7 Å². The van der Waals surface area contributed by atoms with Crippen LogP contribution in [0.4, 0.5) is 0 Å². The highest BCUT2D eigenvalue weighted by atomic mass is 16.2. The summed E-state index contributed by atoms with van der Waals surface area (Å²) in [4.78, 5) is 23.0. The predicted octanol–water partition coefficient (Wildman–Crippen LogP) is 1.47. The van der Waals surface area contributed by atoms with Crippen molar-refractivity contribution in [2.75, 3.05) is 0 Å². The van der Waals surface area contributed by atoms with Crippen molar-refractivity contribution in [1.29, 1.82) is 0 Å². The quantitative estimate of drug-likeness (QED) is 0.833. The van der Waals surface area contributed by atoms with Crippen LogP contribution in [0.1, 0.15) is 24.8 Å². The molecule has 0 saturated heterocycles. The van der Waals surface area contributed by atoms with Crippen LogP contribution in [0.3, 0.4) is 0 Å². The Morgan fingerprint density at radius 1 is 1.31 bits per heavy atom. The number of carbonyl (C=O) groups is 2. The lowest BCUT2D eigenvalue weighted by atomic mass is 10.1. The van der Waals surface area contributed by atoms with Crippen LogP contribution in [0.2, 0.25) is 0 Å². The molecule has 1 aliphatic carbocycles. The summed E-state index contributed by atoms with van der Waals surface area (Å²) < 4.78 is 0. The zero-order valence-corrected chi connectivity index (χ0v) is 9.11. The molecule has 1 N–H and O–H groups in total. The summed E-state index contributed by atoms with van der Waals surface area (Å²) >= 11 is 0. The van der Waals surface area contributed by atoms with Crippen LogP contribution in [-0.2, 0) is 16.0 Å². The summed E-state index contributed by atoms with van der Waals surface area (Å²) in [7, 11) is 0. The number of rotatable bonds is 3. The third-order valence-electron chi connectivity index (χ3n) is 2.85. The molecule has 1 atom stereocenters. The lowest BCUT2D eigenvalue weighted by Crippen LogP contribution is -2.38. The smallest absolute Gasteiger partial charge is 0.224 e. The Kier molecular flexibility index (Phi) is 3.34. The SMILES string of the molecule is O=C(Cc1ccccc1)N[C@@H]1CCCC1=O. The Hall–Kier alpha value is -1.64. The predicted molar refractivity (Wildman–Crippen MR) is 60.9 cm³/mol. The number of benzene rings is 1. The zero-order chi connectivity index (χ0) is 11.4. The number of carbonyl (C=O) groups excluding carboxylic acids is 2. The maximum absolute atomic E-state index is 11.7. The van der Waals surface area contributed by atoms with E-state index in [1.165, 1.54) is 0 Å². The molecule has 1 aromatic rings. The molecule has 0 aromatic heterocycles. The fourth-order valence-electron chi connectivity index (χ4n) is 1.99. The van der Waals surface area contributed by atoms with E-state index < -0.39 is 0 Å². The zero-order valence-electron chi connectivity index (χ0n) is 9.11. The van der Waals surface area contributed by atoms with Crippen molar-refractivity contribution in [3.63, 3.8) is 0 Å². The van der Waals surface area contributed by atoms with E-state index >= 15 is 0 Å². The molecule has 1 amide bonds. The summed E-state index contributed by atoms with van der Waals surface area (Å²) in [6.45, 7) is 0. The normalized spacial score (nSPS) is 19.8. The molecule has 1 aromatic carbocycles. The Morgan fingerprint density at radius 2 is 2.06 bits per heavy atom. The van der Waals surface area contributed by atoms with Gasteiger partial charge in [0.15, 0.2) is 5.78 Å². The molecule has 3 heteroatoms. The van der Waals surface area contributed by atoms with E-state index in [0.717, 1.165) is 18.4 Å². The number of Topliss-reactive ketones (excluding diaryl/α,β-unsaturated/α-hetero) is 1. The van der Waals surface area contributed by atoms with E-state index in [-0.39, 0.29) is 17.7 Å². The first kappa shape index (κ1) is 10.9. The molecule has 84 valence electrons. The van der Waals surface area contributed by atoms with Crippen LogP contribution in [0.15, 0.2) is 30.3 Å². The second-order valence-corrected chi connectivity index (χ2v) is 4.14. The number of hydrogen-bond donors (Lipinski definition) is 1. The van der Waals surface area contributed by atoms with Gasteiger partial charge in [-0.15, -0.1) is 0 Å². The van der Waals surface area contributed by atoms with Crippen molar-refractivity contribution in [1.82, 2.24) is 5.32 Å². The van der Waals surface area contributed by atoms with Crippen LogP contribution in [0.5, 0.6) is 0 Å². The molecule has 0 heterocycles. The first-order chi connectivity index (χ1) is 7.75. The van der Waals surface area contributed by atoms with Crippen molar-refractivity contribution >= 4 is 11.7 Å². The summed E-state index contributed by atoms with van der Waals surface area (Å²) in [5.41, 5.74) is 0.977. The average molecular weight is 217 g/mol. The molecule has 1 fully saturated rings. The van der Waals surface area contributed by atoms with Gasteiger partial charge in [0.25, 0.3) is 0 Å². The highest BCUT2D eigenvalue weighted by molar-refractivity contribution is 5.91. The van der Waals surface area contributed by atoms with Crippen molar-refractivity contribution < 1.29 is 9.59 Å². The minimum Gasteiger partial charge on any atom is -0.346 e. The van der Waals surface area contributed by atoms with Crippen LogP contribution in [0.25, 0.3) is 0 Å². The van der Waals surface area contributed by atoms with E-state index in [1.54, 1.807) is 0 Å². The molecule has 0 bridgehead atoms. The van der Waals surface area contributed by atoms with Crippen molar-refractivity contribution in [2.24, 2.45) is 0 Å². The fourth-order valence-corrected chi connectivity index (χ4v) is 1.99. The van der Waals surface area contributed by atoms with Gasteiger partial charge in [0.1, 0.15) is 0 Å². The maximum atomic E-state index is 11.7. The third kappa shape index (κ3) is 2.69. The molecule has 0 spiro atoms. The lowest BCUT2D eigenvalue weighted by Gasteiger charge is -2.10. The molecule has 2 rings (SSSR count). The van der Waals surface area contributed by atoms with Gasteiger partial charge >= 0.3 is 0 Å². The summed E-state index contributed by atoms with van der Waals surface area (Å²) in [6, 6.07) is 9.32. The van der Waals surface area contributed by atoms with E-state index in [2.05, 4.69) is 5.32 Å². The maximum Gasteiger partial charge on any atom is 0.224 e. The van der Waals surface area contributed by atoms with E-state index in [0.29, 0.717) is 12.8 Å². The molecule has 1 saturated carbocycles. The number of hydrogen-bond acceptors (Lipinski definition) is 2. The number of ketones is 1. The standard InChI is InChI=1S/C13H15NO2/c15-12-8-4-7-11(12)14-13(16)9-10-5-2-1-3-6-10/h1-3,5-6,11H,4,7-9H2,(H,14,16)/t11-/m1/s1. The Balaban J connectivity index is 1.87. The van der Waals surface area contributed by atoms with Gasteiger partial charge in [-0.1, -0.05) is 30.3 Å². The average Bonchev–Trinajstić information content (AvgIpc) is 2.66. The van der Waals surface area contributed by atoms with Crippen LogP contribution in [0, 0.1) is 0 Å². The highest BCUT2D eigenvalue weighted by Gasteiger charge is 2.25. The number of amides is 1. The van der Waals surface area contributed by atoms with Gasteiger partial charge in [-0.05, 0) is 18.4 Å². The fraction of sp³-hybridized carbons (Fsp3) is 0.385. The molecule has 16 heavy (non-hydrogen) atoms. The van der Waals surface area contributed by atoms with Crippen LogP contribution in [-0.4, -0.2) is 17.7 Å². The van der Waals surface area contributed by atoms with Crippen LogP contribution >= 0.6 is 0 Å². The molecule has 0 unspecified atom stereocenters. The Labute approximate surface area is 94.9 Å². The van der Waals surface area contributed by atoms with Crippen molar-refractivity contribution in [3.05, 3.63) is 35.9 Å². The third-order valence-corrected chi connectivity index (χ3v) is 2.85. The van der Waals surface area contributed by atoms with Gasteiger partial charge in [0, 0.05) is 6.42 Å². The van der Waals surface area contributed by atoms with Crippen molar-refractivity contribution in [3.8, 4) is 0 Å². The van der Waals surface area contributed by atoms with Gasteiger partial charge < -0.3 is 5.32 Å². The van der Waals surface area contributed by atoms with E-state index in [9.17, 15) is 9.59 Å². The second kappa shape index (κ2) is 4.92. The molecule has 0 radical (unpaired) electrons. The Morgan fingerprint density at radius 3 is 2.69 bits per heavy atom. The van der Waals surface area contributed by atoms with Crippen LogP contribution < -0.4 is 5.32 Å². The summed E-state index contributed by atoms with van der Waals surface area (Å²) in [6.07, 6.45) is 2.65. The topological polar surface area (TPSA) is 46.2 Å². The van der Waals surface area contributed by atoms with Gasteiger partial charge in [-0.25, -0.2) is 0 Å². The van der Waals surface area contributed by atoms with Gasteiger partial charge in [-0.3, -0.25) is 9.59 Å². The van der Waals surface area contributed by atoms with E-state index in [1.807, 2.05) is 30.3 Å². The Bertz CT molecular complexity index is 386. The first-order valence-electron chi connectivity index (χ1n) is 5.62. The molecule has 1 aliphatic rings. The summed E-state index contributed by atoms with van der Waals surface area (Å²) in [5, 5.41) is 2.79. The second-order valence-electron chi connectivity index (χ2n) is 4.14. The molecular weight excluding hydrogens is 202 g/mol. The lowest BCUT2D eigenvalue weighted by molar-refractivity contribution is -0.126. The summed E-state index contributed by atoms with van der Waals surface area (Å²) in [5.74, 6) is 0.105. The molecular formula is C13H15NO2. The molecule has 3 nitrogen and oxygen atoms in total. The van der Waals surface area contributed by atoms with E-state index in [4.69, 9.17) is 0 Å². The molecule has 0 aliphatic heterocycles.